The summed E-state index contributed by atoms with van der Waals surface area (Å²) in [6.45, 7) is 3.49. The fraction of sp³-hybridized carbons (Fsp3) is 0.176. The van der Waals surface area contributed by atoms with Gasteiger partial charge in [0.05, 0.1) is 12.9 Å². The predicted octanol–water partition coefficient (Wildman–Crippen LogP) is 3.40. The van der Waals surface area contributed by atoms with Crippen LogP contribution in [0.15, 0.2) is 73.0 Å². The molecule has 0 aliphatic rings. The molecule has 0 radical (unpaired) electrons. The van der Waals surface area contributed by atoms with Crippen LogP contribution >= 0.6 is 0 Å². The maximum atomic E-state index is 8.30. The minimum absolute atomic E-state index is 0.260. The lowest BCUT2D eigenvalue weighted by Crippen LogP contribution is -1.93. The Kier molecular flexibility index (Phi) is 7.62. The van der Waals surface area contributed by atoms with Crippen LogP contribution in [0, 0.1) is 0 Å². The zero-order valence-corrected chi connectivity index (χ0v) is 11.7. The Labute approximate surface area is 120 Å². The summed E-state index contributed by atoms with van der Waals surface area (Å²) in [6.07, 6.45) is 0.803. The van der Waals surface area contributed by atoms with Gasteiger partial charge in [0.15, 0.2) is 6.79 Å². The molecular weight excluding hydrogens is 252 g/mol. The number of hydrogen-bond acceptors (Lipinski definition) is 3. The van der Waals surface area contributed by atoms with Crippen molar-refractivity contribution >= 4 is 0 Å². The Hall–Kier alpha value is -2.26. The van der Waals surface area contributed by atoms with E-state index in [-0.39, 0.29) is 6.79 Å². The van der Waals surface area contributed by atoms with E-state index in [9.17, 15) is 0 Å². The van der Waals surface area contributed by atoms with Crippen molar-refractivity contribution < 1.29 is 14.6 Å². The van der Waals surface area contributed by atoms with E-state index < -0.39 is 0 Å². The summed E-state index contributed by atoms with van der Waals surface area (Å²) in [7, 11) is 1.64. The molecule has 2 aromatic carbocycles. The second kappa shape index (κ2) is 9.64. The van der Waals surface area contributed by atoms with E-state index in [0.29, 0.717) is 5.75 Å². The molecule has 0 fully saturated rings. The Morgan fingerprint density at radius 1 is 1.00 bits per heavy atom. The van der Waals surface area contributed by atoms with Crippen molar-refractivity contribution in [3.8, 4) is 5.75 Å². The van der Waals surface area contributed by atoms with Gasteiger partial charge in [0.25, 0.3) is 0 Å². The van der Waals surface area contributed by atoms with Gasteiger partial charge in [-0.05, 0) is 17.7 Å². The Morgan fingerprint density at radius 3 is 2.05 bits per heavy atom. The van der Waals surface area contributed by atoms with Gasteiger partial charge in [-0.1, -0.05) is 55.1 Å². The monoisotopic (exact) mass is 272 g/mol. The molecule has 0 atom stereocenters. The molecule has 0 aliphatic heterocycles. The van der Waals surface area contributed by atoms with E-state index in [0.717, 1.165) is 12.2 Å². The fourth-order valence-electron chi connectivity index (χ4n) is 1.49. The first-order valence-electron chi connectivity index (χ1n) is 6.30. The molecule has 3 nitrogen and oxygen atoms in total. The number of aliphatic hydroxyl groups excluding tert-OH is 1. The van der Waals surface area contributed by atoms with Crippen molar-refractivity contribution in [1.29, 1.82) is 0 Å². The molecular formula is C17H20O3. The molecule has 2 aromatic rings. The third-order valence-corrected chi connectivity index (χ3v) is 2.51. The van der Waals surface area contributed by atoms with Gasteiger partial charge in [0.2, 0.25) is 0 Å². The van der Waals surface area contributed by atoms with Gasteiger partial charge in [0, 0.05) is 6.42 Å². The highest BCUT2D eigenvalue weighted by Gasteiger charge is 1.93. The van der Waals surface area contributed by atoms with E-state index in [1.165, 1.54) is 5.56 Å². The lowest BCUT2D eigenvalue weighted by Gasteiger charge is -2.02. The van der Waals surface area contributed by atoms with Crippen LogP contribution in [-0.2, 0) is 11.2 Å². The average molecular weight is 272 g/mol. The molecule has 0 aromatic heterocycles. The fourth-order valence-corrected chi connectivity index (χ4v) is 1.49. The molecule has 2 rings (SSSR count). The van der Waals surface area contributed by atoms with E-state index in [4.69, 9.17) is 14.6 Å². The number of methoxy groups -OCH3 is 1. The van der Waals surface area contributed by atoms with Crippen LogP contribution in [0.25, 0.3) is 0 Å². The zero-order chi connectivity index (χ0) is 14.6. The summed E-state index contributed by atoms with van der Waals surface area (Å²) in [5, 5.41) is 8.30. The average Bonchev–Trinajstić information content (AvgIpc) is 2.50. The van der Waals surface area contributed by atoms with Crippen LogP contribution in [0.2, 0.25) is 0 Å². The quantitative estimate of drug-likeness (QED) is 0.669. The summed E-state index contributed by atoms with van der Waals surface area (Å²) >= 11 is 0. The van der Waals surface area contributed by atoms with Crippen molar-refractivity contribution in [2.45, 2.75) is 6.42 Å². The highest BCUT2D eigenvalue weighted by atomic mass is 16.6. The summed E-state index contributed by atoms with van der Waals surface area (Å²) in [6, 6.07) is 19.3. The number of ether oxygens (including phenoxy) is 2. The lowest BCUT2D eigenvalue weighted by molar-refractivity contribution is 0.0985. The minimum Gasteiger partial charge on any atom is -0.501 e. The molecule has 0 amide bonds. The van der Waals surface area contributed by atoms with Gasteiger partial charge in [-0.3, -0.25) is 0 Å². The van der Waals surface area contributed by atoms with E-state index in [1.807, 2.05) is 36.4 Å². The number of benzene rings is 2. The van der Waals surface area contributed by atoms with Crippen molar-refractivity contribution in [1.82, 2.24) is 0 Å². The molecule has 1 N–H and O–H groups in total. The first-order chi connectivity index (χ1) is 9.76. The number of aliphatic hydroxyl groups is 1. The van der Waals surface area contributed by atoms with Crippen molar-refractivity contribution in [2.75, 3.05) is 13.9 Å². The zero-order valence-electron chi connectivity index (χ0n) is 11.7. The van der Waals surface area contributed by atoms with Crippen LogP contribution in [0.5, 0.6) is 5.75 Å². The van der Waals surface area contributed by atoms with Gasteiger partial charge in [-0.15, -0.1) is 0 Å². The molecule has 0 spiro atoms. The third-order valence-electron chi connectivity index (χ3n) is 2.51. The maximum Gasteiger partial charge on any atom is 0.186 e. The van der Waals surface area contributed by atoms with Crippen LogP contribution in [0.3, 0.4) is 0 Å². The van der Waals surface area contributed by atoms with E-state index in [2.05, 4.69) is 18.7 Å². The molecule has 3 heteroatoms. The van der Waals surface area contributed by atoms with Crippen LogP contribution < -0.4 is 4.74 Å². The summed E-state index contributed by atoms with van der Waals surface area (Å²) in [5.41, 5.74) is 1.24. The van der Waals surface area contributed by atoms with Crippen molar-refractivity contribution in [2.24, 2.45) is 0 Å². The highest BCUT2D eigenvalue weighted by molar-refractivity contribution is 5.20. The molecule has 20 heavy (non-hydrogen) atoms. The first-order valence-corrected chi connectivity index (χ1v) is 6.30. The predicted molar refractivity (Wildman–Crippen MR) is 80.5 cm³/mol. The molecule has 0 heterocycles. The first kappa shape index (κ1) is 15.8. The highest BCUT2D eigenvalue weighted by Crippen LogP contribution is 2.06. The van der Waals surface area contributed by atoms with E-state index in [1.54, 1.807) is 19.2 Å². The topological polar surface area (TPSA) is 38.7 Å². The van der Waals surface area contributed by atoms with E-state index >= 15 is 0 Å². The van der Waals surface area contributed by atoms with Gasteiger partial charge in [-0.2, -0.15) is 0 Å². The summed E-state index contributed by atoms with van der Waals surface area (Å²) in [5.74, 6) is 1.50. The molecule has 106 valence electrons. The second-order valence-electron chi connectivity index (χ2n) is 3.99. The smallest absolute Gasteiger partial charge is 0.186 e. The number of para-hydroxylation sites is 1. The standard InChI is InChI=1S/C10H12O.C7H8O2/c1-9(11-2)8-10-6-4-3-5-7-10;8-6-9-7-4-2-1-3-5-7/h3-7H,1,8H2,2H3;1-5,8H,6H2. The molecule has 0 bridgehead atoms. The van der Waals surface area contributed by atoms with Gasteiger partial charge in [-0.25, -0.2) is 0 Å². The molecule has 0 saturated carbocycles. The van der Waals surface area contributed by atoms with Crippen LogP contribution in [0.1, 0.15) is 5.56 Å². The van der Waals surface area contributed by atoms with Crippen LogP contribution in [-0.4, -0.2) is 19.0 Å². The third kappa shape index (κ3) is 6.61. The number of rotatable bonds is 5. The molecule has 0 aliphatic carbocycles. The largest absolute Gasteiger partial charge is 0.501 e. The maximum absolute atomic E-state index is 8.30. The number of hydrogen-bond donors (Lipinski definition) is 1. The summed E-state index contributed by atoms with van der Waals surface area (Å²) < 4.78 is 9.72. The molecule has 0 unspecified atom stereocenters. The normalized spacial score (nSPS) is 9.10. The van der Waals surface area contributed by atoms with Crippen molar-refractivity contribution in [3.05, 3.63) is 78.6 Å². The minimum atomic E-state index is -0.260. The lowest BCUT2D eigenvalue weighted by atomic mass is 10.1. The summed E-state index contributed by atoms with van der Waals surface area (Å²) in [4.78, 5) is 0. The Bertz CT molecular complexity index is 480. The van der Waals surface area contributed by atoms with Crippen LogP contribution in [0.4, 0.5) is 0 Å². The van der Waals surface area contributed by atoms with Gasteiger partial charge >= 0.3 is 0 Å². The molecule has 0 saturated heterocycles. The van der Waals surface area contributed by atoms with Gasteiger partial charge < -0.3 is 14.6 Å². The number of allylic oxidation sites excluding steroid dienone is 1. The second-order valence-corrected chi connectivity index (χ2v) is 3.99. The SMILES string of the molecule is C=C(Cc1ccccc1)OC.OCOc1ccccc1. The Morgan fingerprint density at radius 2 is 1.55 bits per heavy atom. The van der Waals surface area contributed by atoms with Gasteiger partial charge in [0.1, 0.15) is 5.75 Å². The van der Waals surface area contributed by atoms with Crippen molar-refractivity contribution in [3.63, 3.8) is 0 Å². The Balaban J connectivity index is 0.000000204.